The fraction of sp³-hybridized carbons (Fsp3) is 0.429. The van der Waals surface area contributed by atoms with Gasteiger partial charge in [-0.3, -0.25) is 19.2 Å². The molecule has 1 atom stereocenters. The first kappa shape index (κ1) is 35.3. The zero-order chi connectivity index (χ0) is 32.1. The average Bonchev–Trinajstić information content (AvgIpc) is 3.00. The zero-order valence-corrected chi connectivity index (χ0v) is 28.3. The van der Waals surface area contributed by atoms with Crippen LogP contribution in [0.3, 0.4) is 0 Å². The monoisotopic (exact) mass is 637 g/mol. The van der Waals surface area contributed by atoms with Gasteiger partial charge >= 0.3 is 0 Å². The number of thioether (sulfide) groups is 1. The first-order valence-electron chi connectivity index (χ1n) is 15.4. The van der Waals surface area contributed by atoms with Gasteiger partial charge in [-0.05, 0) is 98.5 Å². The van der Waals surface area contributed by atoms with Crippen molar-refractivity contribution in [1.29, 1.82) is 0 Å². The van der Waals surface area contributed by atoms with Gasteiger partial charge in [0.25, 0.3) is 11.8 Å². The van der Waals surface area contributed by atoms with Gasteiger partial charge in [0.2, 0.25) is 10.0 Å². The molecule has 0 saturated carbocycles. The van der Waals surface area contributed by atoms with E-state index in [0.717, 1.165) is 61.2 Å². The normalized spacial score (nSPS) is 12.3. The minimum Gasteiger partial charge on any atom is -0.340 e. The van der Waals surface area contributed by atoms with Crippen LogP contribution < -0.4 is 10.0 Å². The number of hydrogen-bond donors (Lipinski definition) is 2. The van der Waals surface area contributed by atoms with Gasteiger partial charge in [-0.2, -0.15) is 11.8 Å². The molecule has 7 nitrogen and oxygen atoms in total. The van der Waals surface area contributed by atoms with Crippen LogP contribution in [-0.4, -0.2) is 61.5 Å². The van der Waals surface area contributed by atoms with Crippen LogP contribution >= 0.6 is 11.8 Å². The number of carbonyl (C=O) groups is 2. The van der Waals surface area contributed by atoms with Crippen molar-refractivity contribution in [2.75, 3.05) is 25.1 Å². The van der Waals surface area contributed by atoms with Gasteiger partial charge in [-0.15, -0.1) is 0 Å². The Morgan fingerprint density at radius 2 is 1.61 bits per heavy atom. The molecule has 3 rings (SSSR count). The van der Waals surface area contributed by atoms with Crippen LogP contribution in [0.1, 0.15) is 67.1 Å². The molecule has 2 amide bonds. The van der Waals surface area contributed by atoms with Crippen LogP contribution in [0.4, 0.5) is 0 Å². The summed E-state index contributed by atoms with van der Waals surface area (Å²) in [5.74, 6) is -0.551. The first-order valence-corrected chi connectivity index (χ1v) is 18.3. The largest absolute Gasteiger partial charge is 0.340 e. The van der Waals surface area contributed by atoms with Crippen LogP contribution in [-0.2, 0) is 27.8 Å². The number of benzene rings is 3. The molecule has 3 aromatic rings. The smallest absolute Gasteiger partial charge is 0.256 e. The summed E-state index contributed by atoms with van der Waals surface area (Å²) in [7, 11) is -3.83. The van der Waals surface area contributed by atoms with Crippen molar-refractivity contribution in [2.24, 2.45) is 0 Å². The van der Waals surface area contributed by atoms with Crippen molar-refractivity contribution in [3.63, 3.8) is 0 Å². The molecule has 0 heterocycles. The van der Waals surface area contributed by atoms with Gasteiger partial charge in [0, 0.05) is 18.7 Å². The predicted octanol–water partition coefficient (Wildman–Crippen LogP) is 6.21. The van der Waals surface area contributed by atoms with Crippen LogP contribution in [0.2, 0.25) is 0 Å². The number of carbonyl (C=O) groups excluding carboxylic acids is 2. The lowest BCUT2D eigenvalue weighted by atomic mass is 9.93. The number of rotatable bonds is 17. The number of nitrogens with zero attached hydrogens (tertiary/aromatic N) is 1. The van der Waals surface area contributed by atoms with Gasteiger partial charge < -0.3 is 5.32 Å². The standard InChI is InChI=1S/C35H47N3O4S2/c1-6-7-21-38(22-19-28-14-9-8-10-15-28)25-29-17-18-31(32(24-29)30-16-12-11-13-27(30)4)34(39)36-33(20-23-43-5)35(40)37-44(41,42)26(2)3/h8-18,24,26,33H,6-7,19-23,25H2,1-5H3,(H,36,39)(H,37,40)/t33-/m0/s1. The van der Waals surface area contributed by atoms with E-state index in [1.165, 1.54) is 31.2 Å². The number of sulfonamides is 1. The third-order valence-electron chi connectivity index (χ3n) is 7.65. The number of hydrogen-bond acceptors (Lipinski definition) is 6. The number of unbranched alkanes of at least 4 members (excludes halogenated alkanes) is 1. The molecule has 0 radical (unpaired) electrons. The second-order valence-electron chi connectivity index (χ2n) is 11.4. The van der Waals surface area contributed by atoms with Gasteiger partial charge in [0.05, 0.1) is 5.25 Å². The third-order valence-corrected chi connectivity index (χ3v) is 10.0. The molecule has 44 heavy (non-hydrogen) atoms. The van der Waals surface area contributed by atoms with E-state index in [2.05, 4.69) is 52.2 Å². The predicted molar refractivity (Wildman–Crippen MR) is 183 cm³/mol. The van der Waals surface area contributed by atoms with E-state index in [1.54, 1.807) is 0 Å². The van der Waals surface area contributed by atoms with E-state index >= 15 is 0 Å². The van der Waals surface area contributed by atoms with Crippen molar-refractivity contribution < 1.29 is 18.0 Å². The summed E-state index contributed by atoms with van der Waals surface area (Å²) in [5, 5.41) is 2.08. The average molecular weight is 638 g/mol. The lowest BCUT2D eigenvalue weighted by Gasteiger charge is -2.24. The maximum atomic E-state index is 13.8. The van der Waals surface area contributed by atoms with E-state index in [9.17, 15) is 18.0 Å². The Morgan fingerprint density at radius 1 is 0.909 bits per heavy atom. The molecule has 0 saturated heterocycles. The fourth-order valence-corrected chi connectivity index (χ4v) is 6.03. The van der Waals surface area contributed by atoms with Crippen LogP contribution in [0.25, 0.3) is 11.1 Å². The highest BCUT2D eigenvalue weighted by molar-refractivity contribution is 7.98. The number of aryl methyl sites for hydroxylation is 1. The van der Waals surface area contributed by atoms with E-state index in [4.69, 9.17) is 0 Å². The summed E-state index contributed by atoms with van der Waals surface area (Å²) in [5.41, 5.74) is 5.62. The number of nitrogens with one attached hydrogen (secondary N) is 2. The summed E-state index contributed by atoms with van der Waals surface area (Å²) in [4.78, 5) is 29.3. The molecule has 3 aromatic carbocycles. The molecule has 9 heteroatoms. The summed E-state index contributed by atoms with van der Waals surface area (Å²) in [6.07, 6.45) is 5.38. The molecule has 0 aliphatic carbocycles. The molecule has 0 unspecified atom stereocenters. The Hall–Kier alpha value is -3.14. The maximum Gasteiger partial charge on any atom is 0.256 e. The minimum absolute atomic E-state index is 0.304. The second-order valence-corrected chi connectivity index (χ2v) is 14.7. The maximum absolute atomic E-state index is 13.8. The molecule has 0 aliphatic heterocycles. The molecule has 0 fully saturated rings. The first-order chi connectivity index (χ1) is 21.1. The summed E-state index contributed by atoms with van der Waals surface area (Å²) in [6.45, 7) is 9.89. The SMILES string of the molecule is CCCCN(CCc1ccccc1)Cc1ccc(C(=O)N[C@@H](CCSC)C(=O)NS(=O)(=O)C(C)C)c(-c2ccccc2C)c1. The topological polar surface area (TPSA) is 95.6 Å². The lowest BCUT2D eigenvalue weighted by Crippen LogP contribution is -2.50. The molecular weight excluding hydrogens is 591 g/mol. The molecule has 0 spiro atoms. The van der Waals surface area contributed by atoms with Gasteiger partial charge in [0.15, 0.2) is 0 Å². The van der Waals surface area contributed by atoms with Gasteiger partial charge in [-0.25, -0.2) is 8.42 Å². The minimum atomic E-state index is -3.83. The molecule has 2 N–H and O–H groups in total. The highest BCUT2D eigenvalue weighted by Gasteiger charge is 2.28. The van der Waals surface area contributed by atoms with Gasteiger partial charge in [-0.1, -0.05) is 74.0 Å². The van der Waals surface area contributed by atoms with Crippen LogP contribution in [0.15, 0.2) is 72.8 Å². The number of amides is 2. The Bertz CT molecular complexity index is 1480. The van der Waals surface area contributed by atoms with Crippen molar-refractivity contribution in [3.05, 3.63) is 95.1 Å². The van der Waals surface area contributed by atoms with E-state index < -0.39 is 33.1 Å². The molecule has 0 aliphatic rings. The highest BCUT2D eigenvalue weighted by atomic mass is 32.2. The molecule has 238 valence electrons. The van der Waals surface area contributed by atoms with E-state index in [1.807, 2.05) is 55.6 Å². The van der Waals surface area contributed by atoms with Crippen LogP contribution in [0.5, 0.6) is 0 Å². The molecule has 0 bridgehead atoms. The van der Waals surface area contributed by atoms with Crippen molar-refractivity contribution >= 4 is 33.6 Å². The van der Waals surface area contributed by atoms with Crippen molar-refractivity contribution in [1.82, 2.24) is 14.9 Å². The lowest BCUT2D eigenvalue weighted by molar-refractivity contribution is -0.121. The summed E-state index contributed by atoms with van der Waals surface area (Å²) in [6, 6.07) is 23.3. The van der Waals surface area contributed by atoms with Crippen molar-refractivity contribution in [3.8, 4) is 11.1 Å². The summed E-state index contributed by atoms with van der Waals surface area (Å²) < 4.78 is 27.0. The Morgan fingerprint density at radius 3 is 2.27 bits per heavy atom. The third kappa shape index (κ3) is 10.5. The second kappa shape index (κ2) is 17.4. The van der Waals surface area contributed by atoms with Crippen molar-refractivity contribution in [2.45, 2.75) is 71.2 Å². The quantitative estimate of drug-likeness (QED) is 0.183. The highest BCUT2D eigenvalue weighted by Crippen LogP contribution is 2.29. The van der Waals surface area contributed by atoms with E-state index in [-0.39, 0.29) is 0 Å². The van der Waals surface area contributed by atoms with Crippen LogP contribution in [0, 0.1) is 6.92 Å². The Balaban J connectivity index is 1.92. The Labute approximate surface area is 268 Å². The van der Waals surface area contributed by atoms with E-state index in [0.29, 0.717) is 17.7 Å². The fourth-order valence-electron chi connectivity index (χ4n) is 4.90. The molecule has 0 aromatic heterocycles. The Kier molecular flexibility index (Phi) is 14.0. The summed E-state index contributed by atoms with van der Waals surface area (Å²) >= 11 is 1.53. The van der Waals surface area contributed by atoms with Gasteiger partial charge in [0.1, 0.15) is 6.04 Å². The zero-order valence-electron chi connectivity index (χ0n) is 26.6. The molecular formula is C35H47N3O4S2.